The Hall–Kier alpha value is -4.44. The van der Waals surface area contributed by atoms with Crippen molar-refractivity contribution in [2.45, 2.75) is 26.4 Å². The number of ether oxygens (including phenoxy) is 2. The average Bonchev–Trinajstić information content (AvgIpc) is 2.90. The molecule has 4 rings (SSSR count). The Kier molecular flexibility index (Phi) is 7.99. The first-order valence-corrected chi connectivity index (χ1v) is 11.8. The van der Waals surface area contributed by atoms with Crippen LogP contribution >= 0.6 is 11.6 Å². The normalized spacial score (nSPS) is 11.4. The maximum atomic E-state index is 13.2. The number of rotatable bonds is 8. The van der Waals surface area contributed by atoms with Gasteiger partial charge in [0.1, 0.15) is 11.5 Å². The predicted molar refractivity (Wildman–Crippen MR) is 137 cm³/mol. The highest BCUT2D eigenvalue weighted by Gasteiger charge is 2.11. The van der Waals surface area contributed by atoms with E-state index in [0.717, 1.165) is 10.1 Å². The fraction of sp³-hybridized carbons (Fsp3) is 0.192. The highest BCUT2D eigenvalue weighted by molar-refractivity contribution is 6.30. The Morgan fingerprint density at radius 3 is 2.43 bits per heavy atom. The number of aromatic nitrogens is 4. The van der Waals surface area contributed by atoms with E-state index in [4.69, 9.17) is 16.3 Å². The Morgan fingerprint density at radius 2 is 1.76 bits per heavy atom. The van der Waals surface area contributed by atoms with Crippen molar-refractivity contribution in [2.75, 3.05) is 7.11 Å². The van der Waals surface area contributed by atoms with Crippen molar-refractivity contribution in [3.8, 4) is 11.5 Å². The Bertz CT molecular complexity index is 1590. The van der Waals surface area contributed by atoms with Crippen LogP contribution in [-0.4, -0.2) is 32.2 Å². The van der Waals surface area contributed by atoms with E-state index in [1.54, 1.807) is 42.5 Å². The minimum atomic E-state index is -0.568. The van der Waals surface area contributed by atoms with Gasteiger partial charge in [-0.25, -0.2) is 28.9 Å². The molecule has 1 N–H and O–H groups in total. The van der Waals surface area contributed by atoms with Crippen LogP contribution < -0.4 is 21.7 Å². The van der Waals surface area contributed by atoms with E-state index in [1.165, 1.54) is 23.9 Å². The molecule has 10 nitrogen and oxygen atoms in total. The molecule has 0 bridgehead atoms. The Balaban J connectivity index is 1.67. The molecule has 2 heterocycles. The number of hydrogen-bond donors (Lipinski definition) is 1. The van der Waals surface area contributed by atoms with Crippen molar-refractivity contribution in [1.82, 2.24) is 19.1 Å². The minimum absolute atomic E-state index is 0.114. The van der Waals surface area contributed by atoms with Crippen LogP contribution in [0.5, 0.6) is 11.5 Å². The first kappa shape index (κ1) is 25.6. The van der Waals surface area contributed by atoms with Gasteiger partial charge in [-0.15, -0.1) is 0 Å². The van der Waals surface area contributed by atoms with Crippen LogP contribution in [-0.2, 0) is 17.8 Å². The summed E-state index contributed by atoms with van der Waals surface area (Å²) in [6, 6.07) is 16.9. The van der Waals surface area contributed by atoms with Crippen molar-refractivity contribution in [2.24, 2.45) is 4.99 Å². The molecule has 0 saturated heterocycles. The van der Waals surface area contributed by atoms with Crippen LogP contribution in [0.15, 0.2) is 81.4 Å². The van der Waals surface area contributed by atoms with Crippen LogP contribution in [0.3, 0.4) is 0 Å². The van der Waals surface area contributed by atoms with Gasteiger partial charge >= 0.3 is 17.3 Å². The first-order chi connectivity index (χ1) is 17.9. The summed E-state index contributed by atoms with van der Waals surface area (Å²) in [6.07, 6.45) is 2.07. The summed E-state index contributed by atoms with van der Waals surface area (Å²) in [5.74, 6) is 0.327. The molecule has 0 amide bonds. The number of pyridine rings is 1. The van der Waals surface area contributed by atoms with Crippen LogP contribution in [0.25, 0.3) is 0 Å². The van der Waals surface area contributed by atoms with Gasteiger partial charge in [-0.1, -0.05) is 30.7 Å². The number of halogens is 1. The summed E-state index contributed by atoms with van der Waals surface area (Å²) in [4.78, 5) is 48.7. The highest BCUT2D eigenvalue weighted by Crippen LogP contribution is 2.24. The van der Waals surface area contributed by atoms with Crippen LogP contribution in [0.1, 0.15) is 29.4 Å². The van der Waals surface area contributed by atoms with Crippen LogP contribution in [0.2, 0.25) is 5.02 Å². The smallest absolute Gasteiger partial charge is 0.356 e. The third-order valence-corrected chi connectivity index (χ3v) is 5.57. The number of hydrogen-bond acceptors (Lipinski definition) is 7. The van der Waals surface area contributed by atoms with Gasteiger partial charge in [0, 0.05) is 23.8 Å². The van der Waals surface area contributed by atoms with Gasteiger partial charge in [0.25, 0.3) is 0 Å². The molecule has 0 radical (unpaired) electrons. The van der Waals surface area contributed by atoms with E-state index in [9.17, 15) is 14.4 Å². The van der Waals surface area contributed by atoms with Crippen LogP contribution in [0.4, 0.5) is 5.69 Å². The fourth-order valence-electron chi connectivity index (χ4n) is 3.52. The predicted octanol–water partition coefficient (Wildman–Crippen LogP) is 3.66. The Morgan fingerprint density at radius 1 is 1.03 bits per heavy atom. The standard InChI is InChI=1S/C26H24ClN5O5/c1-3-14-31-25(34)30-24(32(26(31)35)16-17-4-6-18(27)7-5-17)29-19-8-10-20(11-9-19)37-21-12-13-28-22(15-21)23(33)36-2/h4-13,15H,3,14,16H2,1-2H3,(H,29,30,34). The van der Waals surface area contributed by atoms with Crippen molar-refractivity contribution in [3.05, 3.63) is 110 Å². The summed E-state index contributed by atoms with van der Waals surface area (Å²) in [7, 11) is 1.28. The van der Waals surface area contributed by atoms with Gasteiger partial charge in [-0.2, -0.15) is 0 Å². The molecule has 0 aliphatic carbocycles. The second-order valence-corrected chi connectivity index (χ2v) is 8.41. The topological polar surface area (TPSA) is 121 Å². The lowest BCUT2D eigenvalue weighted by Crippen LogP contribution is -2.50. The number of carbonyl (C=O) groups is 1. The number of nitrogens with zero attached hydrogens (tertiary/aromatic N) is 4. The van der Waals surface area contributed by atoms with E-state index >= 15 is 0 Å². The van der Waals surface area contributed by atoms with Gasteiger partial charge in [-0.3, -0.25) is 9.55 Å². The third kappa shape index (κ3) is 6.22. The van der Waals surface area contributed by atoms with Crippen LogP contribution in [0, 0.1) is 0 Å². The molecule has 0 atom stereocenters. The molecule has 11 heteroatoms. The van der Waals surface area contributed by atoms with Gasteiger partial charge < -0.3 is 9.47 Å². The molecule has 2 aromatic carbocycles. The summed E-state index contributed by atoms with van der Waals surface area (Å²) >= 11 is 5.99. The molecule has 190 valence electrons. The minimum Gasteiger partial charge on any atom is -0.464 e. The number of aromatic amines is 1. The second-order valence-electron chi connectivity index (χ2n) is 7.98. The number of methoxy groups -OCH3 is 1. The third-order valence-electron chi connectivity index (χ3n) is 5.32. The monoisotopic (exact) mass is 521 g/mol. The molecule has 0 aliphatic rings. The van der Waals surface area contributed by atoms with Gasteiger partial charge in [-0.05, 0) is 54.4 Å². The SMILES string of the molecule is CCCn1c(=O)[nH]/c(=N\c2ccc(Oc3ccnc(C(=O)OC)c3)cc2)n(Cc2ccc(Cl)cc2)c1=O. The second kappa shape index (κ2) is 11.5. The zero-order chi connectivity index (χ0) is 26.4. The molecule has 37 heavy (non-hydrogen) atoms. The largest absolute Gasteiger partial charge is 0.464 e. The van der Waals surface area contributed by atoms with Crippen molar-refractivity contribution < 1.29 is 14.3 Å². The lowest BCUT2D eigenvalue weighted by molar-refractivity contribution is 0.0593. The molecule has 0 aliphatic heterocycles. The summed E-state index contributed by atoms with van der Waals surface area (Å²) in [6.45, 7) is 2.37. The van der Waals surface area contributed by atoms with Gasteiger partial charge in [0.2, 0.25) is 5.62 Å². The summed E-state index contributed by atoms with van der Waals surface area (Å²) in [5, 5.41) is 0.583. The highest BCUT2D eigenvalue weighted by atomic mass is 35.5. The molecule has 0 unspecified atom stereocenters. The van der Waals surface area contributed by atoms with E-state index in [2.05, 4.69) is 19.7 Å². The zero-order valence-electron chi connectivity index (χ0n) is 20.2. The number of esters is 1. The van der Waals surface area contributed by atoms with Crippen molar-refractivity contribution >= 4 is 23.3 Å². The van der Waals surface area contributed by atoms with E-state index in [1.807, 2.05) is 19.1 Å². The first-order valence-electron chi connectivity index (χ1n) is 11.4. The molecular formula is C26H24ClN5O5. The molecule has 4 aromatic rings. The molecule has 0 spiro atoms. The average molecular weight is 522 g/mol. The van der Waals surface area contributed by atoms with Crippen molar-refractivity contribution in [1.29, 1.82) is 0 Å². The number of H-pyrrole nitrogens is 1. The Labute approximate surface area is 216 Å². The van der Waals surface area contributed by atoms with Crippen molar-refractivity contribution in [3.63, 3.8) is 0 Å². The van der Waals surface area contributed by atoms with E-state index in [0.29, 0.717) is 28.6 Å². The van der Waals surface area contributed by atoms with E-state index < -0.39 is 17.3 Å². The fourth-order valence-corrected chi connectivity index (χ4v) is 3.64. The number of nitrogens with one attached hydrogen (secondary N) is 1. The zero-order valence-corrected chi connectivity index (χ0v) is 20.9. The van der Waals surface area contributed by atoms with E-state index in [-0.39, 0.29) is 24.4 Å². The number of carbonyl (C=O) groups excluding carboxylic acids is 1. The lowest BCUT2D eigenvalue weighted by atomic mass is 10.2. The summed E-state index contributed by atoms with van der Waals surface area (Å²) in [5.41, 5.74) is 0.563. The molecular weight excluding hydrogens is 498 g/mol. The molecule has 0 saturated carbocycles. The lowest BCUT2D eigenvalue weighted by Gasteiger charge is -2.11. The number of benzene rings is 2. The quantitative estimate of drug-likeness (QED) is 0.353. The maximum absolute atomic E-state index is 13.2. The molecule has 2 aromatic heterocycles. The molecule has 0 fully saturated rings. The summed E-state index contributed by atoms with van der Waals surface area (Å²) < 4.78 is 13.0. The van der Waals surface area contributed by atoms with Gasteiger partial charge in [0.15, 0.2) is 5.69 Å². The van der Waals surface area contributed by atoms with Gasteiger partial charge in [0.05, 0.1) is 19.3 Å². The maximum Gasteiger partial charge on any atom is 0.356 e.